The maximum absolute atomic E-state index is 13.6. The Labute approximate surface area is 124 Å². The highest BCUT2D eigenvalue weighted by Gasteiger charge is 2.14. The third kappa shape index (κ3) is 5.47. The summed E-state index contributed by atoms with van der Waals surface area (Å²) in [4.78, 5) is 22.3. The van der Waals surface area contributed by atoms with Crippen LogP contribution < -0.4 is 5.32 Å². The quantitative estimate of drug-likeness (QED) is 0.778. The van der Waals surface area contributed by atoms with E-state index in [2.05, 4.69) is 5.32 Å². The van der Waals surface area contributed by atoms with E-state index in [4.69, 9.17) is 5.11 Å². The molecular formula is C14H16FNO4S. The molecule has 5 nitrogen and oxygen atoms in total. The molecule has 0 spiro atoms. The third-order valence-corrected chi connectivity index (χ3v) is 4.07. The molecule has 2 unspecified atom stereocenters. The van der Waals surface area contributed by atoms with Crippen LogP contribution in [0.2, 0.25) is 0 Å². The first-order chi connectivity index (χ1) is 9.81. The van der Waals surface area contributed by atoms with Gasteiger partial charge < -0.3 is 10.4 Å². The van der Waals surface area contributed by atoms with Crippen LogP contribution >= 0.6 is 0 Å². The SMILES string of the molecule is CC(CNC(=O)c1cc(/C=C/C(=O)O)ccc1F)S(C)=O. The number of amides is 1. The Kier molecular flexibility index (Phi) is 6.23. The Morgan fingerprint density at radius 2 is 2.14 bits per heavy atom. The lowest BCUT2D eigenvalue weighted by atomic mass is 10.1. The second-order valence-corrected chi connectivity index (χ2v) is 6.23. The van der Waals surface area contributed by atoms with Crippen molar-refractivity contribution in [3.8, 4) is 0 Å². The van der Waals surface area contributed by atoms with E-state index in [0.29, 0.717) is 5.56 Å². The van der Waals surface area contributed by atoms with Crippen LogP contribution in [0.1, 0.15) is 22.8 Å². The summed E-state index contributed by atoms with van der Waals surface area (Å²) in [5.41, 5.74) is 0.215. The van der Waals surface area contributed by atoms with E-state index < -0.39 is 28.5 Å². The highest BCUT2D eigenvalue weighted by molar-refractivity contribution is 7.84. The minimum atomic E-state index is -1.13. The van der Waals surface area contributed by atoms with Gasteiger partial charge >= 0.3 is 5.97 Å². The van der Waals surface area contributed by atoms with Gasteiger partial charge in [-0.25, -0.2) is 9.18 Å². The van der Waals surface area contributed by atoms with Gasteiger partial charge in [-0.3, -0.25) is 9.00 Å². The zero-order chi connectivity index (χ0) is 16.0. The predicted molar refractivity (Wildman–Crippen MR) is 78.9 cm³/mol. The number of carbonyl (C=O) groups is 2. The summed E-state index contributed by atoms with van der Waals surface area (Å²) >= 11 is 0. The van der Waals surface area contributed by atoms with Crippen molar-refractivity contribution in [3.05, 3.63) is 41.2 Å². The smallest absolute Gasteiger partial charge is 0.328 e. The summed E-state index contributed by atoms with van der Waals surface area (Å²) in [6, 6.07) is 3.73. The molecule has 0 aliphatic rings. The summed E-state index contributed by atoms with van der Waals surface area (Å²) in [6.45, 7) is 1.87. The Morgan fingerprint density at radius 1 is 1.48 bits per heavy atom. The highest BCUT2D eigenvalue weighted by Crippen LogP contribution is 2.12. The van der Waals surface area contributed by atoms with Crippen molar-refractivity contribution in [3.63, 3.8) is 0 Å². The number of benzene rings is 1. The molecule has 2 atom stereocenters. The summed E-state index contributed by atoms with van der Waals surface area (Å²) in [5, 5.41) is 10.8. The standard InChI is InChI=1S/C14H16FNO4S/c1-9(21(2)20)8-16-14(19)11-7-10(3-5-12(11)15)4-6-13(17)18/h3-7,9H,8H2,1-2H3,(H,16,19)(H,17,18)/b6-4+. The molecule has 0 fully saturated rings. The van der Waals surface area contributed by atoms with Gasteiger partial charge in [-0.1, -0.05) is 6.07 Å². The fraction of sp³-hybridized carbons (Fsp3) is 0.286. The van der Waals surface area contributed by atoms with Crippen LogP contribution in [0, 0.1) is 5.82 Å². The van der Waals surface area contributed by atoms with Crippen LogP contribution in [-0.2, 0) is 15.6 Å². The number of hydrogen-bond donors (Lipinski definition) is 2. The fourth-order valence-corrected chi connectivity index (χ4v) is 1.76. The normalized spacial score (nSPS) is 13.9. The van der Waals surface area contributed by atoms with Gasteiger partial charge in [0.2, 0.25) is 0 Å². The van der Waals surface area contributed by atoms with Gasteiger partial charge in [0, 0.05) is 34.9 Å². The van der Waals surface area contributed by atoms with Crippen LogP contribution in [0.5, 0.6) is 0 Å². The van der Waals surface area contributed by atoms with E-state index in [0.717, 1.165) is 12.1 Å². The van der Waals surface area contributed by atoms with E-state index >= 15 is 0 Å². The van der Waals surface area contributed by atoms with Crippen LogP contribution in [0.15, 0.2) is 24.3 Å². The molecule has 1 amide bonds. The van der Waals surface area contributed by atoms with E-state index in [1.807, 2.05) is 0 Å². The van der Waals surface area contributed by atoms with Crippen molar-refractivity contribution in [2.75, 3.05) is 12.8 Å². The molecular weight excluding hydrogens is 297 g/mol. The van der Waals surface area contributed by atoms with Crippen molar-refractivity contribution in [1.82, 2.24) is 5.32 Å². The maximum Gasteiger partial charge on any atom is 0.328 e. The lowest BCUT2D eigenvalue weighted by molar-refractivity contribution is -0.131. The van der Waals surface area contributed by atoms with Crippen LogP contribution in [0.25, 0.3) is 6.08 Å². The van der Waals surface area contributed by atoms with Crippen LogP contribution in [0.4, 0.5) is 4.39 Å². The number of aliphatic carboxylic acids is 1. The van der Waals surface area contributed by atoms with Gasteiger partial charge in [-0.2, -0.15) is 0 Å². The highest BCUT2D eigenvalue weighted by atomic mass is 32.2. The summed E-state index contributed by atoms with van der Waals surface area (Å²) in [7, 11) is -1.09. The zero-order valence-corrected chi connectivity index (χ0v) is 12.4. The molecule has 2 N–H and O–H groups in total. The average Bonchev–Trinajstić information content (AvgIpc) is 2.43. The molecule has 1 aromatic rings. The Bertz CT molecular complexity index is 601. The maximum atomic E-state index is 13.6. The minimum Gasteiger partial charge on any atom is -0.478 e. The van der Waals surface area contributed by atoms with Crippen molar-refractivity contribution in [1.29, 1.82) is 0 Å². The number of carbonyl (C=O) groups excluding carboxylic acids is 1. The molecule has 0 saturated carbocycles. The second kappa shape index (κ2) is 7.68. The van der Waals surface area contributed by atoms with E-state index in [-0.39, 0.29) is 17.4 Å². The number of carboxylic acids is 1. The van der Waals surface area contributed by atoms with Gasteiger partial charge in [0.05, 0.1) is 5.56 Å². The van der Waals surface area contributed by atoms with E-state index in [1.54, 1.807) is 6.92 Å². The molecule has 7 heteroatoms. The molecule has 1 aromatic carbocycles. The monoisotopic (exact) mass is 313 g/mol. The Balaban J connectivity index is 2.86. The number of halogens is 1. The zero-order valence-electron chi connectivity index (χ0n) is 11.6. The second-order valence-electron chi connectivity index (χ2n) is 4.43. The molecule has 0 saturated heterocycles. The molecule has 21 heavy (non-hydrogen) atoms. The van der Waals surface area contributed by atoms with Gasteiger partial charge in [0.15, 0.2) is 0 Å². The number of carboxylic acid groups (broad SMARTS) is 1. The fourth-order valence-electron chi connectivity index (χ4n) is 1.44. The van der Waals surface area contributed by atoms with Gasteiger partial charge in [-0.15, -0.1) is 0 Å². The molecule has 0 radical (unpaired) electrons. The molecule has 0 aliphatic heterocycles. The van der Waals surface area contributed by atoms with E-state index in [1.165, 1.54) is 24.5 Å². The molecule has 114 valence electrons. The number of nitrogens with one attached hydrogen (secondary N) is 1. The van der Waals surface area contributed by atoms with Gasteiger partial charge in [0.1, 0.15) is 5.82 Å². The van der Waals surface area contributed by atoms with Crippen LogP contribution in [0.3, 0.4) is 0 Å². The molecule has 0 aromatic heterocycles. The number of rotatable bonds is 6. The topological polar surface area (TPSA) is 83.5 Å². The first kappa shape index (κ1) is 17.0. The first-order valence-corrected chi connectivity index (χ1v) is 7.74. The molecule has 0 aliphatic carbocycles. The van der Waals surface area contributed by atoms with Crippen molar-refractivity contribution in [2.24, 2.45) is 0 Å². The number of hydrogen-bond acceptors (Lipinski definition) is 3. The van der Waals surface area contributed by atoms with Gasteiger partial charge in [-0.05, 0) is 30.7 Å². The molecule has 1 rings (SSSR count). The van der Waals surface area contributed by atoms with Crippen molar-refractivity contribution < 1.29 is 23.3 Å². The third-order valence-electron chi connectivity index (χ3n) is 2.77. The Morgan fingerprint density at radius 3 is 2.71 bits per heavy atom. The van der Waals surface area contributed by atoms with E-state index in [9.17, 15) is 18.2 Å². The Hall–Kier alpha value is -2.02. The lowest BCUT2D eigenvalue weighted by Crippen LogP contribution is -2.33. The minimum absolute atomic E-state index is 0.163. The first-order valence-electron chi connectivity index (χ1n) is 6.12. The largest absolute Gasteiger partial charge is 0.478 e. The average molecular weight is 313 g/mol. The van der Waals surface area contributed by atoms with Crippen molar-refractivity contribution in [2.45, 2.75) is 12.2 Å². The predicted octanol–water partition coefficient (Wildman–Crippen LogP) is 1.42. The summed E-state index contributed by atoms with van der Waals surface area (Å²) in [6.07, 6.45) is 3.69. The molecule has 0 bridgehead atoms. The van der Waals surface area contributed by atoms with Crippen molar-refractivity contribution >= 4 is 28.8 Å². The molecule has 0 heterocycles. The van der Waals surface area contributed by atoms with Gasteiger partial charge in [0.25, 0.3) is 5.91 Å². The van der Waals surface area contributed by atoms with Crippen LogP contribution in [-0.4, -0.2) is 39.2 Å². The summed E-state index contributed by atoms with van der Waals surface area (Å²) in [5.74, 6) is -2.47. The lowest BCUT2D eigenvalue weighted by Gasteiger charge is -2.10. The summed E-state index contributed by atoms with van der Waals surface area (Å²) < 4.78 is 24.8.